The largest absolute Gasteiger partial charge is 0.860 e. The molecule has 0 fully saturated rings. The van der Waals surface area contributed by atoms with Crippen molar-refractivity contribution < 1.29 is 60.1 Å². The molecule has 0 heterocycles. The molecule has 9 rings (SSSR count). The maximum Gasteiger partial charge on any atom is 0.416 e. The van der Waals surface area contributed by atoms with Crippen LogP contribution in [0.1, 0.15) is 45.7 Å². The van der Waals surface area contributed by atoms with Gasteiger partial charge in [0.05, 0.1) is 30.1 Å². The fourth-order valence-corrected chi connectivity index (χ4v) is 17.3. The molecule has 0 saturated heterocycles. The molecule has 0 aromatic heterocycles. The summed E-state index contributed by atoms with van der Waals surface area (Å²) in [5, 5.41) is 27.4. The van der Waals surface area contributed by atoms with Crippen LogP contribution in [0.3, 0.4) is 0 Å². The SMILES string of the molecule is CCOc1ccc(C(=O)C[P+](c2ccccc2)(c2ccccc2)c2ccccc2)cc1.CCOc1ccc(C(=O)C[P+](c2ccccc2)(c2ccccc2)c2ccccc2)cc1.[O-]B([O-])Oc1cc(C(F)(F)F)cc(C(F)(F)F)c1. The van der Waals surface area contributed by atoms with Crippen LogP contribution in [-0.2, 0) is 12.4 Å². The number of rotatable bonds is 18. The summed E-state index contributed by atoms with van der Waals surface area (Å²) in [6.07, 6.45) is -9.22. The number of benzene rings is 9. The standard InChI is InChI=1S/2C28H26O2P.C8H3BF6O3/c2*1-2-30-24-20-18-23(19-21-24)28(29)22-31(25-12-6-3-7-13-25,26-14-8-4-9-15-26)27-16-10-5-11-17-27;10-7(11,12)4-1-5(8(13,14)15)3-6(2-4)18-9(16)17/h2*3-21H,2,22H2,1H3;1-3H/q2*+1;-2. The van der Waals surface area contributed by atoms with Crippen molar-refractivity contribution in [3.05, 3.63) is 271 Å². The minimum atomic E-state index is -5.05. The fraction of sp³-hybridized carbons (Fsp3) is 0.125. The Kier molecular flexibility index (Phi) is 20.8. The molecule has 0 bridgehead atoms. The highest BCUT2D eigenvalue weighted by Gasteiger charge is 2.49. The van der Waals surface area contributed by atoms with Gasteiger partial charge in [0.2, 0.25) is 11.6 Å². The van der Waals surface area contributed by atoms with Gasteiger partial charge in [-0.15, -0.1) is 0 Å². The molecule has 7 nitrogen and oxygen atoms in total. The van der Waals surface area contributed by atoms with Crippen LogP contribution >= 0.6 is 14.5 Å². The lowest BCUT2D eigenvalue weighted by Crippen LogP contribution is -2.50. The van der Waals surface area contributed by atoms with Crippen LogP contribution < -0.4 is 56.0 Å². The van der Waals surface area contributed by atoms with Gasteiger partial charge in [0.1, 0.15) is 77.5 Å². The van der Waals surface area contributed by atoms with Gasteiger partial charge in [-0.25, -0.2) is 0 Å². The first-order valence-corrected chi connectivity index (χ1v) is 29.3. The minimum Gasteiger partial charge on any atom is -0.860 e. The zero-order valence-corrected chi connectivity index (χ0v) is 45.4. The number of hydrogen-bond donors (Lipinski definition) is 0. The van der Waals surface area contributed by atoms with E-state index in [2.05, 4.69) is 150 Å². The molecule has 9 aromatic carbocycles. The van der Waals surface area contributed by atoms with E-state index >= 15 is 0 Å². The number of carbonyl (C=O) groups is 2. The van der Waals surface area contributed by atoms with E-state index in [0.717, 1.165) is 22.6 Å². The van der Waals surface area contributed by atoms with E-state index in [0.29, 0.717) is 25.5 Å². The Morgan fingerprint density at radius 2 is 0.637 bits per heavy atom. The summed E-state index contributed by atoms with van der Waals surface area (Å²) >= 11 is 0. The summed E-state index contributed by atoms with van der Waals surface area (Å²) in [7, 11) is -7.38. The number of Topliss-reactive ketones (excluding diaryl/α,β-unsaturated/α-hetero) is 2. The Balaban J connectivity index is 0.000000180. The van der Waals surface area contributed by atoms with Gasteiger partial charge in [-0.2, -0.15) is 26.3 Å². The summed E-state index contributed by atoms with van der Waals surface area (Å²) in [4.78, 5) is 27.3. The zero-order valence-electron chi connectivity index (χ0n) is 43.6. The van der Waals surface area contributed by atoms with Crippen molar-refractivity contribution in [2.24, 2.45) is 0 Å². The maximum atomic E-state index is 13.6. The summed E-state index contributed by atoms with van der Waals surface area (Å²) in [6.45, 7) is 5.13. The Morgan fingerprint density at radius 3 is 0.850 bits per heavy atom. The first-order chi connectivity index (χ1) is 38.5. The monoisotopic (exact) mass is 1120 g/mol. The van der Waals surface area contributed by atoms with Gasteiger partial charge in [0, 0.05) is 11.1 Å². The Morgan fingerprint density at radius 1 is 0.388 bits per heavy atom. The molecule has 0 aliphatic rings. The maximum absolute atomic E-state index is 13.6. The van der Waals surface area contributed by atoms with Crippen molar-refractivity contribution in [2.75, 3.05) is 25.5 Å². The van der Waals surface area contributed by atoms with E-state index in [-0.39, 0.29) is 29.8 Å². The number of ketones is 2. The van der Waals surface area contributed by atoms with Crippen molar-refractivity contribution in [1.82, 2.24) is 0 Å². The van der Waals surface area contributed by atoms with Gasteiger partial charge >= 0.3 is 12.4 Å². The second-order valence-electron chi connectivity index (χ2n) is 17.9. The van der Waals surface area contributed by atoms with Crippen LogP contribution in [0, 0.1) is 0 Å². The van der Waals surface area contributed by atoms with Crippen LogP contribution in [0.15, 0.2) is 249 Å². The second kappa shape index (κ2) is 27.8. The number of alkyl halides is 6. The molecule has 0 aliphatic heterocycles. The molecule has 0 saturated carbocycles. The predicted molar refractivity (Wildman–Crippen MR) is 307 cm³/mol. The molecular weight excluding hydrogens is 1070 g/mol. The molecule has 16 heteroatoms. The Bertz CT molecular complexity index is 2930. The third-order valence-corrected chi connectivity index (χ3v) is 21.3. The van der Waals surface area contributed by atoms with Gasteiger partial charge in [-0.1, -0.05) is 109 Å². The van der Waals surface area contributed by atoms with Crippen molar-refractivity contribution in [2.45, 2.75) is 26.2 Å². The van der Waals surface area contributed by atoms with E-state index in [9.17, 15) is 46.0 Å². The first-order valence-electron chi connectivity index (χ1n) is 25.4. The quantitative estimate of drug-likeness (QED) is 0.0364. The molecule has 0 atom stereocenters. The highest BCUT2D eigenvalue weighted by Crippen LogP contribution is 2.57. The molecule has 0 amide bonds. The number of ether oxygens (including phenoxy) is 2. The predicted octanol–water partition coefficient (Wildman–Crippen LogP) is 11.3. The highest BCUT2D eigenvalue weighted by atomic mass is 31.2. The van der Waals surface area contributed by atoms with Crippen molar-refractivity contribution >= 4 is 65.2 Å². The van der Waals surface area contributed by atoms with Gasteiger partial charge in [-0.05, 0) is 153 Å². The molecule has 0 spiro atoms. The highest BCUT2D eigenvalue weighted by molar-refractivity contribution is 7.96. The summed E-state index contributed by atoms with van der Waals surface area (Å²) in [6, 6.07) is 78.2. The molecule has 9 aromatic rings. The van der Waals surface area contributed by atoms with Crippen molar-refractivity contribution in [3.8, 4) is 17.2 Å². The van der Waals surface area contributed by atoms with Crippen LogP contribution in [-0.4, -0.2) is 44.4 Å². The lowest BCUT2D eigenvalue weighted by Gasteiger charge is -2.27. The van der Waals surface area contributed by atoms with Crippen LogP contribution in [0.5, 0.6) is 17.2 Å². The topological polar surface area (TPSA) is 108 Å². The van der Waals surface area contributed by atoms with Crippen LogP contribution in [0.2, 0.25) is 0 Å². The summed E-state index contributed by atoms with van der Waals surface area (Å²) in [5.74, 6) is 0.789. The van der Waals surface area contributed by atoms with E-state index < -0.39 is 51.1 Å². The Labute approximate surface area is 463 Å². The third kappa shape index (κ3) is 15.3. The number of carbonyl (C=O) groups excluding carboxylic acids is 2. The molecule has 0 unspecified atom stereocenters. The van der Waals surface area contributed by atoms with E-state index in [1.807, 2.05) is 98.8 Å². The Hall–Kier alpha value is -7.86. The second-order valence-corrected chi connectivity index (χ2v) is 24.8. The molecule has 0 N–H and O–H groups in total. The molecule has 0 aliphatic carbocycles. The molecule has 408 valence electrons. The number of hydrogen-bond acceptors (Lipinski definition) is 7. The number of halogens is 6. The van der Waals surface area contributed by atoms with E-state index in [1.54, 1.807) is 0 Å². The molecule has 0 radical (unpaired) electrons. The minimum absolute atomic E-state index is 0.141. The lowest BCUT2D eigenvalue weighted by molar-refractivity contribution is -0.372. The van der Waals surface area contributed by atoms with E-state index in [1.165, 1.54) is 31.8 Å². The molecular formula is C64H55BF6O7P2. The average molecular weight is 1120 g/mol. The zero-order chi connectivity index (χ0) is 57.2. The van der Waals surface area contributed by atoms with E-state index in [4.69, 9.17) is 9.47 Å². The smallest absolute Gasteiger partial charge is 0.416 e. The normalized spacial score (nSPS) is 11.4. The fourth-order valence-electron chi connectivity index (χ4n) is 9.06. The van der Waals surface area contributed by atoms with Crippen LogP contribution in [0.4, 0.5) is 26.3 Å². The van der Waals surface area contributed by atoms with Crippen LogP contribution in [0.25, 0.3) is 0 Å². The van der Waals surface area contributed by atoms with Crippen molar-refractivity contribution in [1.29, 1.82) is 0 Å². The lowest BCUT2D eigenvalue weighted by atomic mass is 10.1. The average Bonchev–Trinajstić information content (AvgIpc) is 3.64. The van der Waals surface area contributed by atoms with Crippen molar-refractivity contribution in [3.63, 3.8) is 0 Å². The third-order valence-electron chi connectivity index (χ3n) is 12.7. The molecule has 80 heavy (non-hydrogen) atoms. The first kappa shape index (κ1) is 59.8. The summed E-state index contributed by atoms with van der Waals surface area (Å²) in [5.41, 5.74) is -1.88. The van der Waals surface area contributed by atoms with Gasteiger partial charge < -0.3 is 24.2 Å². The van der Waals surface area contributed by atoms with Gasteiger partial charge in [0.15, 0.2) is 0 Å². The van der Waals surface area contributed by atoms with Gasteiger partial charge in [0.25, 0.3) is 0 Å². The summed E-state index contributed by atoms with van der Waals surface area (Å²) < 4.78 is 88.6. The van der Waals surface area contributed by atoms with Gasteiger partial charge in [-0.3, -0.25) is 9.59 Å².